The second-order valence-electron chi connectivity index (χ2n) is 5.52. The van der Waals surface area contributed by atoms with Gasteiger partial charge in [-0.1, -0.05) is 0 Å². The van der Waals surface area contributed by atoms with E-state index in [1.165, 1.54) is 0 Å². The van der Waals surface area contributed by atoms with Gasteiger partial charge in [-0.2, -0.15) is 0 Å². The normalized spacial score (nSPS) is 15.2. The van der Waals surface area contributed by atoms with Crippen molar-refractivity contribution in [1.82, 2.24) is 19.9 Å². The molecule has 4 rings (SSSR count). The molecule has 0 aliphatic carbocycles. The number of nitrogens with zero attached hydrogens (tertiary/aromatic N) is 5. The van der Waals surface area contributed by atoms with Crippen LogP contribution in [0.1, 0.15) is 5.82 Å². The monoisotopic (exact) mass is 310 g/mol. The van der Waals surface area contributed by atoms with Crippen molar-refractivity contribution in [2.24, 2.45) is 0 Å². The van der Waals surface area contributed by atoms with Gasteiger partial charge in [-0.25, -0.2) is 15.0 Å². The first-order valence-electron chi connectivity index (χ1n) is 7.68. The fourth-order valence-corrected chi connectivity index (χ4v) is 2.84. The van der Waals surface area contributed by atoms with E-state index in [1.807, 2.05) is 31.3 Å². The van der Waals surface area contributed by atoms with Gasteiger partial charge in [0.15, 0.2) is 5.76 Å². The van der Waals surface area contributed by atoms with Gasteiger partial charge < -0.3 is 19.2 Å². The van der Waals surface area contributed by atoms with Crippen LogP contribution in [0.5, 0.6) is 0 Å². The van der Waals surface area contributed by atoms with Gasteiger partial charge in [0, 0.05) is 44.6 Å². The zero-order valence-corrected chi connectivity index (χ0v) is 12.9. The van der Waals surface area contributed by atoms with E-state index < -0.39 is 0 Å². The van der Waals surface area contributed by atoms with Crippen LogP contribution in [-0.4, -0.2) is 46.1 Å². The Morgan fingerprint density at radius 2 is 1.96 bits per heavy atom. The van der Waals surface area contributed by atoms with E-state index in [2.05, 4.69) is 29.7 Å². The standard InChI is InChI=1S/C16H18N6O/c1-12-19-13(14-3-2-10-23-14)11-15(20-12)21-6-8-22(9-7-21)16-17-4-5-18-16/h2-5,10-11H,6-9H2,1H3,(H,17,18). The van der Waals surface area contributed by atoms with Crippen molar-refractivity contribution in [3.05, 3.63) is 42.7 Å². The van der Waals surface area contributed by atoms with Crippen molar-refractivity contribution in [3.63, 3.8) is 0 Å². The Morgan fingerprint density at radius 3 is 2.65 bits per heavy atom. The lowest BCUT2D eigenvalue weighted by atomic mass is 10.2. The Hall–Kier alpha value is -2.83. The lowest BCUT2D eigenvalue weighted by molar-refractivity contribution is 0.579. The molecule has 1 aliphatic rings. The number of imidazole rings is 1. The van der Waals surface area contributed by atoms with Crippen LogP contribution >= 0.6 is 0 Å². The molecule has 3 aromatic rings. The third-order valence-corrected chi connectivity index (χ3v) is 3.99. The minimum Gasteiger partial charge on any atom is -0.463 e. The van der Waals surface area contributed by atoms with E-state index in [1.54, 1.807) is 12.5 Å². The highest BCUT2D eigenvalue weighted by molar-refractivity contribution is 5.58. The van der Waals surface area contributed by atoms with E-state index in [0.29, 0.717) is 0 Å². The van der Waals surface area contributed by atoms with E-state index in [9.17, 15) is 0 Å². The van der Waals surface area contributed by atoms with Crippen molar-refractivity contribution in [3.8, 4) is 11.5 Å². The third kappa shape index (κ3) is 2.77. The highest BCUT2D eigenvalue weighted by Gasteiger charge is 2.20. The molecule has 1 fully saturated rings. The van der Waals surface area contributed by atoms with Crippen LogP contribution in [0.15, 0.2) is 41.3 Å². The van der Waals surface area contributed by atoms with E-state index in [4.69, 9.17) is 4.42 Å². The number of aromatic nitrogens is 4. The Morgan fingerprint density at radius 1 is 1.13 bits per heavy atom. The number of aryl methyl sites for hydroxylation is 1. The first kappa shape index (κ1) is 13.8. The predicted molar refractivity (Wildman–Crippen MR) is 87.5 cm³/mol. The molecule has 7 heteroatoms. The maximum Gasteiger partial charge on any atom is 0.202 e. The third-order valence-electron chi connectivity index (χ3n) is 3.99. The van der Waals surface area contributed by atoms with Crippen molar-refractivity contribution in [2.75, 3.05) is 36.0 Å². The summed E-state index contributed by atoms with van der Waals surface area (Å²) >= 11 is 0. The van der Waals surface area contributed by atoms with Crippen molar-refractivity contribution in [2.45, 2.75) is 6.92 Å². The first-order chi connectivity index (χ1) is 11.3. The van der Waals surface area contributed by atoms with E-state index in [0.717, 1.165) is 55.2 Å². The predicted octanol–water partition coefficient (Wildman–Crippen LogP) is 2.09. The molecule has 1 saturated heterocycles. The summed E-state index contributed by atoms with van der Waals surface area (Å²) in [6.07, 6.45) is 5.30. The Bertz CT molecular complexity index is 760. The van der Waals surface area contributed by atoms with Crippen LogP contribution in [0.2, 0.25) is 0 Å². The van der Waals surface area contributed by atoms with Crippen LogP contribution in [0, 0.1) is 6.92 Å². The minimum absolute atomic E-state index is 0.752. The molecule has 0 saturated carbocycles. The van der Waals surface area contributed by atoms with Gasteiger partial charge in [-0.15, -0.1) is 0 Å². The fourth-order valence-electron chi connectivity index (χ4n) is 2.84. The second-order valence-corrected chi connectivity index (χ2v) is 5.52. The summed E-state index contributed by atoms with van der Waals surface area (Å²) in [6, 6.07) is 5.78. The molecular formula is C16H18N6O. The Balaban J connectivity index is 1.53. The van der Waals surface area contributed by atoms with Gasteiger partial charge in [0.1, 0.15) is 17.3 Å². The number of hydrogen-bond acceptors (Lipinski definition) is 6. The van der Waals surface area contributed by atoms with Gasteiger partial charge in [0.05, 0.1) is 6.26 Å². The summed E-state index contributed by atoms with van der Waals surface area (Å²) in [5.74, 6) is 3.40. The average molecular weight is 310 g/mol. The van der Waals surface area contributed by atoms with Gasteiger partial charge in [0.2, 0.25) is 5.95 Å². The molecule has 4 heterocycles. The van der Waals surface area contributed by atoms with Gasteiger partial charge in [0.25, 0.3) is 0 Å². The number of rotatable bonds is 3. The number of hydrogen-bond donors (Lipinski definition) is 1. The lowest BCUT2D eigenvalue weighted by Crippen LogP contribution is -2.47. The summed E-state index contributed by atoms with van der Waals surface area (Å²) < 4.78 is 5.45. The van der Waals surface area contributed by atoms with Gasteiger partial charge in [-0.3, -0.25) is 0 Å². The van der Waals surface area contributed by atoms with Crippen LogP contribution in [0.4, 0.5) is 11.8 Å². The summed E-state index contributed by atoms with van der Waals surface area (Å²) in [5, 5.41) is 0. The van der Waals surface area contributed by atoms with Crippen LogP contribution in [-0.2, 0) is 0 Å². The molecule has 1 N–H and O–H groups in total. The summed E-state index contributed by atoms with van der Waals surface area (Å²) in [7, 11) is 0. The number of piperazine rings is 1. The van der Waals surface area contributed by atoms with Crippen LogP contribution in [0.25, 0.3) is 11.5 Å². The number of nitrogens with one attached hydrogen (secondary N) is 1. The quantitative estimate of drug-likeness (QED) is 0.798. The number of furan rings is 1. The van der Waals surface area contributed by atoms with Gasteiger partial charge in [-0.05, 0) is 19.1 Å². The molecule has 0 unspecified atom stereocenters. The topological polar surface area (TPSA) is 74.1 Å². The molecule has 1 aliphatic heterocycles. The molecule has 118 valence electrons. The molecule has 0 aromatic carbocycles. The molecule has 3 aromatic heterocycles. The van der Waals surface area contributed by atoms with E-state index in [-0.39, 0.29) is 0 Å². The summed E-state index contributed by atoms with van der Waals surface area (Å²) in [5.41, 5.74) is 0.825. The molecule has 0 atom stereocenters. The molecule has 0 radical (unpaired) electrons. The smallest absolute Gasteiger partial charge is 0.202 e. The molecule has 23 heavy (non-hydrogen) atoms. The molecule has 0 spiro atoms. The SMILES string of the molecule is Cc1nc(-c2ccco2)cc(N2CCN(c3ncc[nH]3)CC2)n1. The van der Waals surface area contributed by atoms with Crippen LogP contribution < -0.4 is 9.80 Å². The molecular weight excluding hydrogens is 292 g/mol. The summed E-state index contributed by atoms with van der Waals surface area (Å²) in [6.45, 7) is 5.53. The summed E-state index contributed by atoms with van der Waals surface area (Å²) in [4.78, 5) is 21.1. The zero-order valence-electron chi connectivity index (χ0n) is 12.9. The number of H-pyrrole nitrogens is 1. The second kappa shape index (κ2) is 5.75. The highest BCUT2D eigenvalue weighted by atomic mass is 16.3. The number of aromatic amines is 1. The average Bonchev–Trinajstić information content (AvgIpc) is 3.28. The Kier molecular flexibility index (Phi) is 3.45. The maximum atomic E-state index is 5.45. The fraction of sp³-hybridized carbons (Fsp3) is 0.312. The van der Waals surface area contributed by atoms with Crippen molar-refractivity contribution in [1.29, 1.82) is 0 Å². The minimum atomic E-state index is 0.752. The van der Waals surface area contributed by atoms with E-state index >= 15 is 0 Å². The largest absolute Gasteiger partial charge is 0.463 e. The maximum absolute atomic E-state index is 5.45. The highest BCUT2D eigenvalue weighted by Crippen LogP contribution is 2.23. The van der Waals surface area contributed by atoms with Crippen molar-refractivity contribution < 1.29 is 4.42 Å². The molecule has 7 nitrogen and oxygen atoms in total. The van der Waals surface area contributed by atoms with Gasteiger partial charge >= 0.3 is 0 Å². The lowest BCUT2D eigenvalue weighted by Gasteiger charge is -2.35. The first-order valence-corrected chi connectivity index (χ1v) is 7.68. The zero-order chi connectivity index (χ0) is 15.6. The number of anilines is 2. The van der Waals surface area contributed by atoms with Crippen LogP contribution in [0.3, 0.4) is 0 Å². The van der Waals surface area contributed by atoms with Crippen molar-refractivity contribution >= 4 is 11.8 Å². The molecule has 0 amide bonds. The molecule has 0 bridgehead atoms. The Labute approximate surface area is 134 Å².